The fourth-order valence-electron chi connectivity index (χ4n) is 16.3. The summed E-state index contributed by atoms with van der Waals surface area (Å²) >= 11 is 0. The molecule has 874 valence electrons. The topological polar surface area (TPSA) is 212 Å². The number of rotatable bonds is 18. The summed E-state index contributed by atoms with van der Waals surface area (Å²) in [5.41, 5.74) is 16.8. The number of aliphatic hydroxyl groups excluding tert-OH is 4. The summed E-state index contributed by atoms with van der Waals surface area (Å²) in [6.07, 6.45) is 19.7. The van der Waals surface area contributed by atoms with Gasteiger partial charge in [-0.25, -0.2) is 0 Å². The minimum absolute atomic E-state index is 0.0476. The normalized spacial score (nSPS) is 20.1. The number of piperazine rings is 4. The van der Waals surface area contributed by atoms with Crippen molar-refractivity contribution in [2.45, 2.75) is 469 Å². The molecule has 9 saturated heterocycles. The Labute approximate surface area is 903 Å². The summed E-state index contributed by atoms with van der Waals surface area (Å²) in [7, 11) is 14.9. The van der Waals surface area contributed by atoms with Gasteiger partial charge in [-0.05, 0) is 376 Å². The molecule has 0 unspecified atom stereocenters. The zero-order chi connectivity index (χ0) is 113. The van der Waals surface area contributed by atoms with Gasteiger partial charge in [0.1, 0.15) is 0 Å². The van der Waals surface area contributed by atoms with Crippen molar-refractivity contribution < 1.29 is 25.2 Å². The highest BCUT2D eigenvalue weighted by Crippen LogP contribution is 2.29. The molecular weight excluding hydrogens is 1790 g/mol. The fourth-order valence-corrected chi connectivity index (χ4v) is 16.3. The number of nitrogens with one attached hydrogen (secondary N) is 2. The van der Waals surface area contributed by atoms with E-state index in [0.717, 1.165) is 136 Å². The van der Waals surface area contributed by atoms with Crippen molar-refractivity contribution in [2.75, 3.05) is 285 Å². The van der Waals surface area contributed by atoms with Crippen LogP contribution < -0.4 is 22.1 Å². The average Bonchev–Trinajstić information content (AvgIpc) is 0.987. The van der Waals surface area contributed by atoms with Gasteiger partial charge in [-0.3, -0.25) is 39.2 Å². The van der Waals surface area contributed by atoms with E-state index < -0.39 is 0 Å². The van der Waals surface area contributed by atoms with Crippen molar-refractivity contribution in [2.24, 2.45) is 49.9 Å². The third kappa shape index (κ3) is 95.7. The number of morpholine rings is 1. The summed E-state index contributed by atoms with van der Waals surface area (Å²) in [5, 5.41) is 42.1. The molecule has 0 aromatic rings. The Bertz CT molecular complexity index is 2780. The highest BCUT2D eigenvalue weighted by atomic mass is 16.5. The maximum atomic E-state index is 9.27. The maximum absolute atomic E-state index is 9.27. The van der Waals surface area contributed by atoms with E-state index >= 15 is 0 Å². The number of ether oxygens (including phenoxy) is 1. The molecule has 10 N–H and O–H groups in total. The van der Waals surface area contributed by atoms with Crippen LogP contribution in [0.5, 0.6) is 0 Å². The van der Waals surface area contributed by atoms with Crippen molar-refractivity contribution >= 4 is 0 Å². The van der Waals surface area contributed by atoms with E-state index in [1.807, 2.05) is 0 Å². The summed E-state index contributed by atoms with van der Waals surface area (Å²) in [6, 6.07) is 0.452. The van der Waals surface area contributed by atoms with E-state index in [2.05, 4.69) is 426 Å². The van der Waals surface area contributed by atoms with Crippen LogP contribution in [0.15, 0.2) is 0 Å². The lowest BCUT2D eigenvalue weighted by Crippen LogP contribution is -2.57. The Morgan fingerprint density at radius 1 is 0.306 bits per heavy atom. The number of hydrogen-bond donors (Lipinski definition) is 8. The van der Waals surface area contributed by atoms with E-state index in [0.29, 0.717) is 85.0 Å². The number of nitrogens with two attached hydrogens (primary N) is 2. The average molecular weight is 2060 g/mol. The van der Waals surface area contributed by atoms with Crippen LogP contribution in [-0.4, -0.2) is 437 Å². The number of β-amino-alcohol motifs (C(OH)–C–C–N with tert-alkyl or cyclic N) is 1. The van der Waals surface area contributed by atoms with Gasteiger partial charge in [0.05, 0.1) is 25.4 Å². The number of aliphatic hydroxyl groups is 4. The van der Waals surface area contributed by atoms with Crippen LogP contribution >= 0.6 is 0 Å². The first-order chi connectivity index (χ1) is 65.2. The van der Waals surface area contributed by atoms with Gasteiger partial charge in [0.2, 0.25) is 0 Å². The molecule has 0 radical (unpaired) electrons. The Hall–Kier alpha value is -0.920. The predicted octanol–water partition coefficient (Wildman–Crippen LogP) is 20.7. The predicted molar refractivity (Wildman–Crippen MR) is 641 cm³/mol. The Balaban J connectivity index is -0.000000484. The molecule has 144 heavy (non-hydrogen) atoms. The van der Waals surface area contributed by atoms with Crippen LogP contribution in [0.1, 0.15) is 407 Å². The quantitative estimate of drug-likeness (QED) is 0.0600. The SMILES string of the molecule is CC(C)(C)CCCCO.CC(C)(C)CCCN1CCNCC1.CC(C)(C)CCCO.CC(C)(C)N1CC(CN)C1.CC(C)(C)N1CCC(N)CC1.CC(C)(C)N1CCC(O)CC1.CC(C)(C)N1CCNCC1.CC(C)(C)N1CCOCC1.CC(C)(C)N1CC[C@H](O)C1.CCC(C)(C)C.CN(C)C(C)(C)C.CN(C)CCCC(C)(C)C.CN(C)CCN1CCN(C(C)(C)C)CC1.CN1CCN(CCCC(C)(C)C)CC1. The van der Waals surface area contributed by atoms with Gasteiger partial charge in [-0.1, -0.05) is 144 Å². The summed E-state index contributed by atoms with van der Waals surface area (Å²) in [5.74, 6) is 0.763. The highest BCUT2D eigenvalue weighted by Gasteiger charge is 2.35. The van der Waals surface area contributed by atoms with E-state index in [1.54, 1.807) is 0 Å². The number of hydrogen-bond acceptors (Lipinski definition) is 23. The second kappa shape index (κ2) is 75.9. The third-order valence-corrected chi connectivity index (χ3v) is 28.4. The van der Waals surface area contributed by atoms with Gasteiger partial charge >= 0.3 is 0 Å². The maximum Gasteiger partial charge on any atom is 0.0679 e. The molecule has 23 heteroatoms. The molecule has 23 nitrogen and oxygen atoms in total. The second-order valence-electron chi connectivity index (χ2n) is 59.2. The molecule has 9 aliphatic heterocycles. The molecule has 0 aromatic carbocycles. The van der Waals surface area contributed by atoms with Gasteiger partial charge in [-0.15, -0.1) is 0 Å². The molecular formula is C121H270N18O5. The lowest BCUT2D eigenvalue weighted by Gasteiger charge is -2.47. The molecule has 0 amide bonds. The van der Waals surface area contributed by atoms with Crippen LogP contribution in [0.3, 0.4) is 0 Å². The zero-order valence-electron chi connectivity index (χ0n) is 107. The molecule has 0 spiro atoms. The minimum Gasteiger partial charge on any atom is -0.396 e. The smallest absolute Gasteiger partial charge is 0.0679 e. The largest absolute Gasteiger partial charge is 0.396 e. The van der Waals surface area contributed by atoms with Gasteiger partial charge in [0.25, 0.3) is 0 Å². The minimum atomic E-state index is -0.0841. The molecule has 9 aliphatic rings. The molecule has 0 bridgehead atoms. The number of piperidine rings is 2. The van der Waals surface area contributed by atoms with Gasteiger partial charge in [-0.2, -0.15) is 0 Å². The molecule has 9 rings (SSSR count). The fraction of sp³-hybridized carbons (Fsp3) is 1.00. The third-order valence-electron chi connectivity index (χ3n) is 28.4. The van der Waals surface area contributed by atoms with Crippen LogP contribution in [0, 0.1) is 38.4 Å². The van der Waals surface area contributed by atoms with Crippen molar-refractivity contribution in [1.29, 1.82) is 0 Å². The first-order valence-corrected chi connectivity index (χ1v) is 58.3. The summed E-state index contributed by atoms with van der Waals surface area (Å²) in [6.45, 7) is 137. The first-order valence-electron chi connectivity index (χ1n) is 58.3. The van der Waals surface area contributed by atoms with Crippen molar-refractivity contribution in [1.82, 2.24) is 79.2 Å². The lowest BCUT2D eigenvalue weighted by atomic mass is 9.90. The van der Waals surface area contributed by atoms with Crippen LogP contribution in [0.4, 0.5) is 0 Å². The summed E-state index contributed by atoms with van der Waals surface area (Å²) in [4.78, 5) is 34.1. The Morgan fingerprint density at radius 2 is 0.590 bits per heavy atom. The number of nitrogens with zero attached hydrogens (tertiary/aromatic N) is 14. The lowest BCUT2D eigenvalue weighted by molar-refractivity contribution is -0.00389. The van der Waals surface area contributed by atoms with Crippen molar-refractivity contribution in [3.63, 3.8) is 0 Å². The molecule has 9 fully saturated rings. The van der Waals surface area contributed by atoms with Crippen LogP contribution in [0.2, 0.25) is 0 Å². The van der Waals surface area contributed by atoms with Crippen LogP contribution in [0.25, 0.3) is 0 Å². The molecule has 0 saturated carbocycles. The van der Waals surface area contributed by atoms with Crippen molar-refractivity contribution in [3.8, 4) is 0 Å². The Morgan fingerprint density at radius 3 is 0.875 bits per heavy atom. The van der Waals surface area contributed by atoms with Crippen molar-refractivity contribution in [3.05, 3.63) is 0 Å². The van der Waals surface area contributed by atoms with Gasteiger partial charge < -0.3 is 76.7 Å². The first kappa shape index (κ1) is 151. The standard InChI is InChI=1S/C12H27N3.C12H26N2.C11H24N2.C9H20N2.C9H19NO.C9H21N.2C8H18N2.2C8H17NO.C8H18O.C7H16O.C6H15N.C6H14/c1-12(2,3)15-10-8-14(9-11-15)7-6-13(4)5;1-12(2,3)6-5-7-14-10-8-13(4)9-11-14;1-11(2,3)5-4-8-13-9-6-12-7-10-13;1-9(2,3)11-6-4-8(10)5-7-11;1-9(2,3)10-6-4-8(11)5-7-10;1-9(2,3)7-6-8-10(4)5;1-8(2,3)10-5-7(4-9)6-10;1-8(2,3)10-6-4-9-5-7-10;1-8(2,3)9-4-6-10-7-5-9;1-8(2,3)9-5-4-7(10)6-9;1-8(2,3)6-4-5-7-9;1-7(2,3)5-4-6-8;1-6(2,3)7(4)5;1-5-6(2,3)4/h6-11H2,1-5H3;5-11H2,1-4H3;12H,4-10H2,1-3H3;8H,4-7,10H2,1-3H3;8,11H,4-7H2,1-3H3;6-8H2,1-5H3;7H,4-6,9H2,1-3H3;9H,4-7H2,1-3H3;4-7H2,1-3H3;7,10H,4-6H2,1-3H3;9H,4-7H2,1-3H3;8H,4-6H2,1-3H3;1-5H3;5H2,1-4H3/t;;;;;;;;;7-;;;;/m.........0..../s1. The molecule has 0 aromatic heterocycles. The number of unbranched alkanes of at least 4 members (excludes halogenated alkanes) is 1. The summed E-state index contributed by atoms with van der Waals surface area (Å²) < 4.78 is 5.25. The van der Waals surface area contributed by atoms with E-state index in [-0.39, 0.29) is 23.3 Å². The zero-order valence-corrected chi connectivity index (χ0v) is 107. The molecule has 9 heterocycles. The Kier molecular flexibility index (Phi) is 79.8. The highest BCUT2D eigenvalue weighted by molar-refractivity contribution is 4.91. The van der Waals surface area contributed by atoms with Crippen LogP contribution in [-0.2, 0) is 4.74 Å². The second-order valence-corrected chi connectivity index (χ2v) is 59.2. The molecule has 1 atom stereocenters. The van der Waals surface area contributed by atoms with Gasteiger partial charge in [0.15, 0.2) is 0 Å². The monoisotopic (exact) mass is 2060 g/mol. The van der Waals surface area contributed by atoms with E-state index in [4.69, 9.17) is 26.4 Å². The van der Waals surface area contributed by atoms with Gasteiger partial charge in [0, 0.05) is 247 Å². The van der Waals surface area contributed by atoms with E-state index in [1.165, 1.54) is 202 Å². The number of likely N-dealkylation sites (N-methyl/N-ethyl adjacent to an activating group) is 2. The molecule has 0 aliphatic carbocycles. The number of likely N-dealkylation sites (tertiary alicyclic amines) is 4. The van der Waals surface area contributed by atoms with E-state index in [9.17, 15) is 10.2 Å².